The largest absolute Gasteiger partial charge is 0.359 e. The molecule has 4 nitrogen and oxygen atoms in total. The molecule has 1 aromatic heterocycles. The summed E-state index contributed by atoms with van der Waals surface area (Å²) in [6.45, 7) is 3.89. The average Bonchev–Trinajstić information content (AvgIpc) is 2.33. The minimum Gasteiger partial charge on any atom is -0.359 e. The van der Waals surface area contributed by atoms with Crippen molar-refractivity contribution in [3.05, 3.63) is 29.1 Å². The standard InChI is InChI=1S/C13H18N2O2/c1-9-6-7-12(15-10(9)2)11(5-4-8-16)13(17)14-3/h6-8,11H,4-5H2,1-3H3,(H,14,17). The molecule has 17 heavy (non-hydrogen) atoms. The molecule has 1 N–H and O–H groups in total. The second-order valence-electron chi connectivity index (χ2n) is 4.05. The average molecular weight is 234 g/mol. The molecule has 0 saturated carbocycles. The van der Waals surface area contributed by atoms with Gasteiger partial charge in [-0.1, -0.05) is 6.07 Å². The Labute approximate surface area is 101 Å². The highest BCUT2D eigenvalue weighted by molar-refractivity contribution is 5.83. The minimum atomic E-state index is -0.343. The quantitative estimate of drug-likeness (QED) is 0.785. The van der Waals surface area contributed by atoms with Crippen molar-refractivity contribution < 1.29 is 9.59 Å². The number of aryl methyl sites for hydroxylation is 2. The zero-order valence-electron chi connectivity index (χ0n) is 10.5. The lowest BCUT2D eigenvalue weighted by Gasteiger charge is -2.14. The van der Waals surface area contributed by atoms with Gasteiger partial charge >= 0.3 is 0 Å². The second kappa shape index (κ2) is 6.13. The molecule has 1 aromatic rings. The topological polar surface area (TPSA) is 59.1 Å². The van der Waals surface area contributed by atoms with Crippen LogP contribution in [0.25, 0.3) is 0 Å². The van der Waals surface area contributed by atoms with Gasteiger partial charge in [-0.3, -0.25) is 9.78 Å². The van der Waals surface area contributed by atoms with Crippen LogP contribution in [-0.2, 0) is 9.59 Å². The SMILES string of the molecule is CNC(=O)C(CCC=O)c1ccc(C)c(C)n1. The number of rotatable bonds is 5. The van der Waals surface area contributed by atoms with Gasteiger partial charge in [0, 0.05) is 19.2 Å². The number of aldehydes is 1. The molecule has 1 heterocycles. The molecule has 0 fully saturated rings. The number of carbonyl (C=O) groups is 2. The number of likely N-dealkylation sites (N-methyl/N-ethyl adjacent to an activating group) is 1. The maximum Gasteiger partial charge on any atom is 0.228 e. The number of nitrogens with zero attached hydrogens (tertiary/aromatic N) is 1. The van der Waals surface area contributed by atoms with Crippen LogP contribution in [0.1, 0.15) is 35.7 Å². The molecule has 0 aromatic carbocycles. The maximum absolute atomic E-state index is 11.7. The number of hydrogen-bond donors (Lipinski definition) is 1. The Morgan fingerprint density at radius 1 is 1.47 bits per heavy atom. The lowest BCUT2D eigenvalue weighted by Crippen LogP contribution is -2.26. The first-order valence-electron chi connectivity index (χ1n) is 5.69. The third-order valence-corrected chi connectivity index (χ3v) is 2.86. The van der Waals surface area contributed by atoms with Crippen molar-refractivity contribution in [3.63, 3.8) is 0 Å². The lowest BCUT2D eigenvalue weighted by molar-refractivity contribution is -0.122. The van der Waals surface area contributed by atoms with E-state index in [4.69, 9.17) is 0 Å². The van der Waals surface area contributed by atoms with E-state index in [0.29, 0.717) is 12.8 Å². The number of amides is 1. The van der Waals surface area contributed by atoms with Gasteiger partial charge in [0.2, 0.25) is 5.91 Å². The van der Waals surface area contributed by atoms with Crippen molar-refractivity contribution in [3.8, 4) is 0 Å². The molecular formula is C13H18N2O2. The Morgan fingerprint density at radius 2 is 2.18 bits per heavy atom. The van der Waals surface area contributed by atoms with Gasteiger partial charge in [-0.25, -0.2) is 0 Å². The number of hydrogen-bond acceptors (Lipinski definition) is 3. The van der Waals surface area contributed by atoms with E-state index in [-0.39, 0.29) is 11.8 Å². The number of carbonyl (C=O) groups excluding carboxylic acids is 2. The smallest absolute Gasteiger partial charge is 0.228 e. The second-order valence-corrected chi connectivity index (χ2v) is 4.05. The van der Waals surface area contributed by atoms with Crippen molar-refractivity contribution in [1.82, 2.24) is 10.3 Å². The molecule has 4 heteroatoms. The van der Waals surface area contributed by atoms with E-state index in [1.54, 1.807) is 7.05 Å². The van der Waals surface area contributed by atoms with Crippen LogP contribution in [0.3, 0.4) is 0 Å². The zero-order chi connectivity index (χ0) is 12.8. The highest BCUT2D eigenvalue weighted by atomic mass is 16.1. The van der Waals surface area contributed by atoms with Crippen LogP contribution in [-0.4, -0.2) is 24.2 Å². The summed E-state index contributed by atoms with van der Waals surface area (Å²) < 4.78 is 0. The molecule has 0 saturated heterocycles. The molecule has 0 aliphatic rings. The summed E-state index contributed by atoms with van der Waals surface area (Å²) in [4.78, 5) is 26.6. The number of aromatic nitrogens is 1. The third-order valence-electron chi connectivity index (χ3n) is 2.86. The van der Waals surface area contributed by atoms with Gasteiger partial charge in [0.05, 0.1) is 11.6 Å². The van der Waals surface area contributed by atoms with E-state index in [9.17, 15) is 9.59 Å². The molecule has 0 spiro atoms. The van der Waals surface area contributed by atoms with Gasteiger partial charge < -0.3 is 10.1 Å². The van der Waals surface area contributed by atoms with Crippen LogP contribution >= 0.6 is 0 Å². The Hall–Kier alpha value is -1.71. The number of pyridine rings is 1. The normalized spacial score (nSPS) is 11.9. The molecule has 0 radical (unpaired) electrons. The van der Waals surface area contributed by atoms with Crippen molar-refractivity contribution in [2.45, 2.75) is 32.6 Å². The van der Waals surface area contributed by atoms with Crippen LogP contribution < -0.4 is 5.32 Å². The fourth-order valence-corrected chi connectivity index (χ4v) is 1.67. The Bertz CT molecular complexity index is 416. The van der Waals surface area contributed by atoms with Crippen LogP contribution in [0.15, 0.2) is 12.1 Å². The highest BCUT2D eigenvalue weighted by Crippen LogP contribution is 2.20. The van der Waals surface area contributed by atoms with Gasteiger partial charge in [0.25, 0.3) is 0 Å². The van der Waals surface area contributed by atoms with Gasteiger partial charge in [0.1, 0.15) is 6.29 Å². The maximum atomic E-state index is 11.7. The first kappa shape index (κ1) is 13.4. The van der Waals surface area contributed by atoms with Crippen LogP contribution in [0.4, 0.5) is 0 Å². The fourth-order valence-electron chi connectivity index (χ4n) is 1.67. The van der Waals surface area contributed by atoms with Crippen LogP contribution in [0.5, 0.6) is 0 Å². The van der Waals surface area contributed by atoms with Crippen molar-refractivity contribution in [1.29, 1.82) is 0 Å². The lowest BCUT2D eigenvalue weighted by atomic mass is 9.97. The predicted octanol–water partition coefficient (Wildman–Crippen LogP) is 1.51. The molecule has 0 aliphatic carbocycles. The van der Waals surface area contributed by atoms with Crippen LogP contribution in [0.2, 0.25) is 0 Å². The van der Waals surface area contributed by atoms with Gasteiger partial charge in [0.15, 0.2) is 0 Å². The van der Waals surface area contributed by atoms with E-state index in [1.807, 2.05) is 26.0 Å². The van der Waals surface area contributed by atoms with E-state index < -0.39 is 0 Å². The van der Waals surface area contributed by atoms with E-state index in [0.717, 1.165) is 23.2 Å². The molecule has 1 rings (SSSR count). The Kier molecular flexibility index (Phi) is 4.82. The zero-order valence-corrected chi connectivity index (χ0v) is 10.5. The van der Waals surface area contributed by atoms with Crippen molar-refractivity contribution in [2.75, 3.05) is 7.05 Å². The summed E-state index contributed by atoms with van der Waals surface area (Å²) >= 11 is 0. The summed E-state index contributed by atoms with van der Waals surface area (Å²) in [5.74, 6) is -0.438. The van der Waals surface area contributed by atoms with Crippen molar-refractivity contribution in [2.24, 2.45) is 0 Å². The molecule has 1 atom stereocenters. The van der Waals surface area contributed by atoms with E-state index in [2.05, 4.69) is 10.3 Å². The fraction of sp³-hybridized carbons (Fsp3) is 0.462. The van der Waals surface area contributed by atoms with Gasteiger partial charge in [-0.05, 0) is 31.9 Å². The van der Waals surface area contributed by atoms with E-state index in [1.165, 1.54) is 0 Å². The molecule has 92 valence electrons. The first-order valence-corrected chi connectivity index (χ1v) is 5.69. The number of nitrogens with one attached hydrogen (secondary N) is 1. The molecular weight excluding hydrogens is 216 g/mol. The predicted molar refractivity (Wildman–Crippen MR) is 65.8 cm³/mol. The Balaban J connectivity index is 2.98. The van der Waals surface area contributed by atoms with Crippen LogP contribution in [0, 0.1) is 13.8 Å². The Morgan fingerprint density at radius 3 is 2.71 bits per heavy atom. The summed E-state index contributed by atoms with van der Waals surface area (Å²) in [5, 5.41) is 2.61. The first-order chi connectivity index (χ1) is 8.10. The monoisotopic (exact) mass is 234 g/mol. The summed E-state index contributed by atoms with van der Waals surface area (Å²) in [6, 6.07) is 3.81. The minimum absolute atomic E-state index is 0.0948. The molecule has 1 unspecified atom stereocenters. The van der Waals surface area contributed by atoms with Crippen molar-refractivity contribution >= 4 is 12.2 Å². The molecule has 0 bridgehead atoms. The summed E-state index contributed by atoms with van der Waals surface area (Å²) in [7, 11) is 1.59. The summed E-state index contributed by atoms with van der Waals surface area (Å²) in [5.41, 5.74) is 2.75. The van der Waals surface area contributed by atoms with Gasteiger partial charge in [-0.2, -0.15) is 0 Å². The van der Waals surface area contributed by atoms with Gasteiger partial charge in [-0.15, -0.1) is 0 Å². The third kappa shape index (κ3) is 3.37. The molecule has 0 aliphatic heterocycles. The summed E-state index contributed by atoms with van der Waals surface area (Å²) in [6.07, 6.45) is 1.70. The highest BCUT2D eigenvalue weighted by Gasteiger charge is 2.20. The molecule has 1 amide bonds. The van der Waals surface area contributed by atoms with E-state index >= 15 is 0 Å².